The SMILES string of the molecule is CNC1=C(C(C)=C(C)C)OCCN1C. The Morgan fingerprint density at radius 3 is 2.50 bits per heavy atom. The quantitative estimate of drug-likeness (QED) is 0.727. The zero-order valence-corrected chi connectivity index (χ0v) is 9.77. The Hall–Kier alpha value is -1.12. The highest BCUT2D eigenvalue weighted by Crippen LogP contribution is 2.22. The Balaban J connectivity index is 3.09. The van der Waals surface area contributed by atoms with Gasteiger partial charge in [-0.3, -0.25) is 0 Å². The molecular weight excluding hydrogens is 176 g/mol. The molecule has 1 N–H and O–H groups in total. The van der Waals surface area contributed by atoms with Gasteiger partial charge in [-0.15, -0.1) is 0 Å². The first-order chi connectivity index (χ1) is 6.57. The predicted octanol–water partition coefficient (Wildman–Crippen LogP) is 1.69. The van der Waals surface area contributed by atoms with Gasteiger partial charge in [0.15, 0.2) is 5.76 Å². The van der Waals surface area contributed by atoms with E-state index >= 15 is 0 Å². The maximum Gasteiger partial charge on any atom is 0.162 e. The lowest BCUT2D eigenvalue weighted by molar-refractivity contribution is 0.141. The lowest BCUT2D eigenvalue weighted by Crippen LogP contribution is -2.35. The van der Waals surface area contributed by atoms with Crippen molar-refractivity contribution in [1.82, 2.24) is 10.2 Å². The van der Waals surface area contributed by atoms with Crippen LogP contribution in [0.3, 0.4) is 0 Å². The normalized spacial score (nSPS) is 16.5. The zero-order valence-electron chi connectivity index (χ0n) is 9.77. The van der Waals surface area contributed by atoms with Crippen molar-refractivity contribution in [1.29, 1.82) is 0 Å². The maximum atomic E-state index is 5.69. The topological polar surface area (TPSA) is 24.5 Å². The summed E-state index contributed by atoms with van der Waals surface area (Å²) in [6.07, 6.45) is 0. The van der Waals surface area contributed by atoms with Gasteiger partial charge in [-0.1, -0.05) is 5.57 Å². The number of ether oxygens (including phenoxy) is 1. The van der Waals surface area contributed by atoms with Crippen LogP contribution < -0.4 is 5.32 Å². The fraction of sp³-hybridized carbons (Fsp3) is 0.636. The van der Waals surface area contributed by atoms with E-state index in [-0.39, 0.29) is 0 Å². The Bertz CT molecular complexity index is 275. The Labute approximate surface area is 86.4 Å². The third-order valence-electron chi connectivity index (χ3n) is 2.60. The molecule has 1 heterocycles. The van der Waals surface area contributed by atoms with Crippen molar-refractivity contribution in [3.8, 4) is 0 Å². The van der Waals surface area contributed by atoms with Crippen molar-refractivity contribution in [2.24, 2.45) is 0 Å². The van der Waals surface area contributed by atoms with E-state index in [0.717, 1.165) is 24.7 Å². The molecule has 0 radical (unpaired) electrons. The number of rotatable bonds is 2. The molecular formula is C11H20N2O. The lowest BCUT2D eigenvalue weighted by Gasteiger charge is -2.31. The number of likely N-dealkylation sites (N-methyl/N-ethyl adjacent to an activating group) is 1. The molecule has 0 saturated carbocycles. The molecule has 0 spiro atoms. The van der Waals surface area contributed by atoms with Gasteiger partial charge < -0.3 is 15.0 Å². The number of nitrogens with zero attached hydrogens (tertiary/aromatic N) is 1. The van der Waals surface area contributed by atoms with Gasteiger partial charge in [0.1, 0.15) is 12.4 Å². The number of hydrogen-bond acceptors (Lipinski definition) is 3. The fourth-order valence-corrected chi connectivity index (χ4v) is 1.46. The second-order valence-corrected chi connectivity index (χ2v) is 3.82. The Morgan fingerprint density at radius 2 is 2.00 bits per heavy atom. The highest BCUT2D eigenvalue weighted by molar-refractivity contribution is 5.31. The van der Waals surface area contributed by atoms with Gasteiger partial charge in [0.05, 0.1) is 6.54 Å². The van der Waals surface area contributed by atoms with E-state index in [9.17, 15) is 0 Å². The van der Waals surface area contributed by atoms with Crippen LogP contribution in [0.25, 0.3) is 0 Å². The van der Waals surface area contributed by atoms with E-state index in [1.165, 1.54) is 11.1 Å². The molecule has 0 atom stereocenters. The Morgan fingerprint density at radius 1 is 1.36 bits per heavy atom. The molecule has 1 aliphatic heterocycles. The van der Waals surface area contributed by atoms with Crippen LogP contribution in [-0.2, 0) is 4.74 Å². The van der Waals surface area contributed by atoms with Crippen LogP contribution >= 0.6 is 0 Å². The summed E-state index contributed by atoms with van der Waals surface area (Å²) in [6, 6.07) is 0. The first-order valence-corrected chi connectivity index (χ1v) is 4.98. The maximum absolute atomic E-state index is 5.69. The smallest absolute Gasteiger partial charge is 0.162 e. The molecule has 14 heavy (non-hydrogen) atoms. The summed E-state index contributed by atoms with van der Waals surface area (Å²) in [5.41, 5.74) is 2.52. The molecule has 0 saturated heterocycles. The molecule has 0 aromatic heterocycles. The number of hydrogen-bond donors (Lipinski definition) is 1. The van der Waals surface area contributed by atoms with Crippen LogP contribution in [-0.4, -0.2) is 32.1 Å². The van der Waals surface area contributed by atoms with Crippen molar-refractivity contribution in [3.05, 3.63) is 22.7 Å². The lowest BCUT2D eigenvalue weighted by atomic mass is 10.1. The predicted molar refractivity (Wildman–Crippen MR) is 58.7 cm³/mol. The van der Waals surface area contributed by atoms with E-state index in [2.05, 4.69) is 38.0 Å². The first-order valence-electron chi connectivity index (χ1n) is 4.98. The number of allylic oxidation sites excluding steroid dienone is 2. The summed E-state index contributed by atoms with van der Waals surface area (Å²) in [6.45, 7) is 8.01. The van der Waals surface area contributed by atoms with E-state index in [0.29, 0.717) is 0 Å². The molecule has 0 amide bonds. The third kappa shape index (κ3) is 2.03. The highest BCUT2D eigenvalue weighted by atomic mass is 16.5. The van der Waals surface area contributed by atoms with Crippen molar-refractivity contribution >= 4 is 0 Å². The molecule has 0 bridgehead atoms. The van der Waals surface area contributed by atoms with Gasteiger partial charge in [-0.25, -0.2) is 0 Å². The molecule has 0 aromatic carbocycles. The minimum absolute atomic E-state index is 0.766. The van der Waals surface area contributed by atoms with E-state index in [1.807, 2.05) is 7.05 Å². The zero-order chi connectivity index (χ0) is 10.7. The van der Waals surface area contributed by atoms with Crippen LogP contribution in [0.5, 0.6) is 0 Å². The average Bonchev–Trinajstić information content (AvgIpc) is 2.16. The molecule has 80 valence electrons. The van der Waals surface area contributed by atoms with Crippen LogP contribution in [0.1, 0.15) is 20.8 Å². The third-order valence-corrected chi connectivity index (χ3v) is 2.60. The summed E-state index contributed by atoms with van der Waals surface area (Å²) in [7, 11) is 4.01. The second-order valence-electron chi connectivity index (χ2n) is 3.82. The summed E-state index contributed by atoms with van der Waals surface area (Å²) in [5.74, 6) is 2.07. The van der Waals surface area contributed by atoms with E-state index < -0.39 is 0 Å². The van der Waals surface area contributed by atoms with Gasteiger partial charge in [-0.05, 0) is 26.3 Å². The summed E-state index contributed by atoms with van der Waals surface area (Å²) in [4.78, 5) is 2.19. The minimum Gasteiger partial charge on any atom is -0.488 e. The monoisotopic (exact) mass is 196 g/mol. The van der Waals surface area contributed by atoms with Gasteiger partial charge >= 0.3 is 0 Å². The van der Waals surface area contributed by atoms with Crippen LogP contribution in [0.4, 0.5) is 0 Å². The van der Waals surface area contributed by atoms with Crippen molar-refractivity contribution in [3.63, 3.8) is 0 Å². The largest absolute Gasteiger partial charge is 0.488 e. The summed E-state index contributed by atoms with van der Waals surface area (Å²) in [5, 5.41) is 3.19. The van der Waals surface area contributed by atoms with Gasteiger partial charge in [0, 0.05) is 14.1 Å². The van der Waals surface area contributed by atoms with E-state index in [1.54, 1.807) is 0 Å². The van der Waals surface area contributed by atoms with Crippen LogP contribution in [0.2, 0.25) is 0 Å². The molecule has 1 rings (SSSR count). The molecule has 0 aliphatic carbocycles. The molecule has 0 fully saturated rings. The van der Waals surface area contributed by atoms with Gasteiger partial charge in [0.25, 0.3) is 0 Å². The van der Waals surface area contributed by atoms with Gasteiger partial charge in [0.2, 0.25) is 0 Å². The average molecular weight is 196 g/mol. The summed E-state index contributed by atoms with van der Waals surface area (Å²) < 4.78 is 5.69. The molecule has 3 nitrogen and oxygen atoms in total. The molecule has 0 aromatic rings. The first kappa shape index (κ1) is 11.0. The molecule has 1 aliphatic rings. The molecule has 3 heteroatoms. The van der Waals surface area contributed by atoms with Crippen molar-refractivity contribution in [2.75, 3.05) is 27.2 Å². The number of nitrogens with one attached hydrogen (secondary N) is 1. The van der Waals surface area contributed by atoms with Crippen molar-refractivity contribution < 1.29 is 4.74 Å². The Kier molecular flexibility index (Phi) is 3.44. The standard InChI is InChI=1S/C11H20N2O/c1-8(2)9(3)10-11(12-4)13(5)6-7-14-10/h12H,6-7H2,1-5H3. The summed E-state index contributed by atoms with van der Waals surface area (Å²) >= 11 is 0. The second kappa shape index (κ2) is 4.40. The molecule has 0 unspecified atom stereocenters. The van der Waals surface area contributed by atoms with E-state index in [4.69, 9.17) is 4.74 Å². The minimum atomic E-state index is 0.766. The van der Waals surface area contributed by atoms with Crippen molar-refractivity contribution in [2.45, 2.75) is 20.8 Å². The fourth-order valence-electron chi connectivity index (χ4n) is 1.46. The van der Waals surface area contributed by atoms with Gasteiger partial charge in [-0.2, -0.15) is 0 Å². The highest BCUT2D eigenvalue weighted by Gasteiger charge is 2.18. The van der Waals surface area contributed by atoms with Crippen LogP contribution in [0.15, 0.2) is 22.7 Å². The van der Waals surface area contributed by atoms with Crippen LogP contribution in [0, 0.1) is 0 Å².